The molecule has 1 aromatic heterocycles. The average molecular weight is 473 g/mol. The number of hydrogen-bond acceptors (Lipinski definition) is 6. The molecule has 0 saturated heterocycles. The van der Waals surface area contributed by atoms with Crippen LogP contribution in [0.3, 0.4) is 0 Å². The van der Waals surface area contributed by atoms with Crippen LogP contribution in [0.15, 0.2) is 77.0 Å². The van der Waals surface area contributed by atoms with E-state index in [4.69, 9.17) is 0 Å². The van der Waals surface area contributed by atoms with Gasteiger partial charge < -0.3 is 5.32 Å². The van der Waals surface area contributed by atoms with Gasteiger partial charge in [-0.15, -0.1) is 11.3 Å². The van der Waals surface area contributed by atoms with Crippen molar-refractivity contribution in [3.63, 3.8) is 0 Å². The van der Waals surface area contributed by atoms with Crippen LogP contribution >= 0.6 is 11.3 Å². The standard InChI is InChI=1S/C21H20N4O5S2/c26-19(14-22-21(28)18-10-5-11-31-18)24-25-20(27)16-8-4-9-17(12-16)32(29,30)23-13-15-6-2-1-3-7-15/h1-12,23H,13-14H2,(H,22,28)(H,24,26)(H,25,27). The van der Waals surface area contributed by atoms with Gasteiger partial charge in [-0.25, -0.2) is 13.1 Å². The maximum Gasteiger partial charge on any atom is 0.269 e. The molecule has 3 rings (SSSR count). The summed E-state index contributed by atoms with van der Waals surface area (Å²) in [6.45, 7) is -0.234. The molecular weight excluding hydrogens is 452 g/mol. The Morgan fingerprint density at radius 3 is 2.34 bits per heavy atom. The van der Waals surface area contributed by atoms with E-state index < -0.39 is 27.7 Å². The topological polar surface area (TPSA) is 133 Å². The number of carbonyl (C=O) groups excluding carboxylic acids is 3. The van der Waals surface area contributed by atoms with Crippen LogP contribution in [0.1, 0.15) is 25.6 Å². The first-order chi connectivity index (χ1) is 15.3. The van der Waals surface area contributed by atoms with Crippen molar-refractivity contribution in [2.45, 2.75) is 11.4 Å². The number of sulfonamides is 1. The molecule has 4 N–H and O–H groups in total. The molecule has 0 bridgehead atoms. The fourth-order valence-electron chi connectivity index (χ4n) is 2.56. The van der Waals surface area contributed by atoms with Gasteiger partial charge in [0.05, 0.1) is 16.3 Å². The largest absolute Gasteiger partial charge is 0.342 e. The Hall–Kier alpha value is -3.54. The number of nitrogens with one attached hydrogen (secondary N) is 4. The molecule has 166 valence electrons. The SMILES string of the molecule is O=C(CNC(=O)c1cccs1)NNC(=O)c1cccc(S(=O)(=O)NCc2ccccc2)c1. The lowest BCUT2D eigenvalue weighted by Crippen LogP contribution is -2.46. The molecule has 32 heavy (non-hydrogen) atoms. The molecule has 1 heterocycles. The van der Waals surface area contributed by atoms with Crippen LogP contribution in [0.2, 0.25) is 0 Å². The van der Waals surface area contributed by atoms with Gasteiger partial charge in [0.1, 0.15) is 0 Å². The minimum absolute atomic E-state index is 0.0375. The van der Waals surface area contributed by atoms with E-state index in [9.17, 15) is 22.8 Å². The van der Waals surface area contributed by atoms with Crippen molar-refractivity contribution in [3.05, 3.63) is 88.1 Å². The third kappa shape index (κ3) is 6.48. The number of carbonyl (C=O) groups is 3. The van der Waals surface area contributed by atoms with Crippen molar-refractivity contribution in [2.75, 3.05) is 6.54 Å². The molecule has 0 aliphatic rings. The van der Waals surface area contributed by atoms with Crippen LogP contribution in [0.25, 0.3) is 0 Å². The molecule has 9 nitrogen and oxygen atoms in total. The Balaban J connectivity index is 1.53. The summed E-state index contributed by atoms with van der Waals surface area (Å²) in [5.41, 5.74) is 5.19. The van der Waals surface area contributed by atoms with E-state index >= 15 is 0 Å². The summed E-state index contributed by atoms with van der Waals surface area (Å²) >= 11 is 1.24. The van der Waals surface area contributed by atoms with Crippen molar-refractivity contribution < 1.29 is 22.8 Å². The Morgan fingerprint density at radius 2 is 1.62 bits per heavy atom. The Labute approximate surface area is 188 Å². The summed E-state index contributed by atoms with van der Waals surface area (Å²) in [6.07, 6.45) is 0. The van der Waals surface area contributed by atoms with Crippen LogP contribution in [-0.2, 0) is 21.4 Å². The Bertz CT molecular complexity index is 1200. The van der Waals surface area contributed by atoms with Crippen molar-refractivity contribution in [3.8, 4) is 0 Å². The van der Waals surface area contributed by atoms with Crippen LogP contribution in [0, 0.1) is 0 Å². The summed E-state index contributed by atoms with van der Waals surface area (Å²) in [5, 5.41) is 4.16. The number of hydrazine groups is 1. The Morgan fingerprint density at radius 1 is 0.844 bits per heavy atom. The molecule has 0 radical (unpaired) electrons. The van der Waals surface area contributed by atoms with Crippen LogP contribution in [0.5, 0.6) is 0 Å². The molecule has 3 aromatic rings. The predicted molar refractivity (Wildman–Crippen MR) is 119 cm³/mol. The van der Waals surface area contributed by atoms with Gasteiger partial charge in [-0.2, -0.15) is 0 Å². The van der Waals surface area contributed by atoms with Gasteiger partial charge >= 0.3 is 0 Å². The van der Waals surface area contributed by atoms with E-state index in [1.54, 1.807) is 41.8 Å². The molecular formula is C21H20N4O5S2. The van der Waals surface area contributed by atoms with E-state index in [0.29, 0.717) is 4.88 Å². The highest BCUT2D eigenvalue weighted by atomic mass is 32.2. The van der Waals surface area contributed by atoms with E-state index in [-0.39, 0.29) is 23.5 Å². The van der Waals surface area contributed by atoms with Crippen LogP contribution in [0.4, 0.5) is 0 Å². The average Bonchev–Trinajstić information content (AvgIpc) is 3.35. The maximum absolute atomic E-state index is 12.5. The molecule has 0 aliphatic heterocycles. The fraction of sp³-hybridized carbons (Fsp3) is 0.0952. The minimum atomic E-state index is -3.85. The molecule has 2 aromatic carbocycles. The lowest BCUT2D eigenvalue weighted by atomic mass is 10.2. The Kier molecular flexibility index (Phi) is 7.71. The summed E-state index contributed by atoms with van der Waals surface area (Å²) in [4.78, 5) is 36.3. The van der Waals surface area contributed by atoms with Crippen molar-refractivity contribution in [2.24, 2.45) is 0 Å². The van der Waals surface area contributed by atoms with Crippen LogP contribution in [-0.4, -0.2) is 32.7 Å². The number of thiophene rings is 1. The predicted octanol–water partition coefficient (Wildman–Crippen LogP) is 1.42. The van der Waals surface area contributed by atoms with Crippen LogP contribution < -0.4 is 20.9 Å². The third-order valence-electron chi connectivity index (χ3n) is 4.19. The number of hydrogen-bond donors (Lipinski definition) is 4. The van der Waals surface area contributed by atoms with Gasteiger partial charge in [-0.1, -0.05) is 42.5 Å². The van der Waals surface area contributed by atoms with Crippen molar-refractivity contribution in [1.29, 1.82) is 0 Å². The molecule has 0 atom stereocenters. The zero-order chi connectivity index (χ0) is 23.0. The van der Waals surface area contributed by atoms with E-state index in [1.807, 2.05) is 6.07 Å². The molecule has 0 saturated carbocycles. The highest BCUT2D eigenvalue weighted by Crippen LogP contribution is 2.12. The summed E-state index contributed by atoms with van der Waals surface area (Å²) in [5.74, 6) is -1.75. The number of amides is 3. The smallest absolute Gasteiger partial charge is 0.269 e. The van der Waals surface area contributed by atoms with E-state index in [2.05, 4.69) is 20.9 Å². The quantitative estimate of drug-likeness (QED) is 0.368. The lowest BCUT2D eigenvalue weighted by Gasteiger charge is -2.10. The number of benzene rings is 2. The van der Waals surface area contributed by atoms with Crippen molar-refractivity contribution >= 4 is 39.1 Å². The van der Waals surface area contributed by atoms with Crippen molar-refractivity contribution in [1.82, 2.24) is 20.9 Å². The number of rotatable bonds is 8. The fourth-order valence-corrected chi connectivity index (χ4v) is 4.26. The highest BCUT2D eigenvalue weighted by Gasteiger charge is 2.17. The second-order valence-corrected chi connectivity index (χ2v) is 9.21. The van der Waals surface area contributed by atoms with E-state index in [0.717, 1.165) is 5.56 Å². The highest BCUT2D eigenvalue weighted by molar-refractivity contribution is 7.89. The zero-order valence-corrected chi connectivity index (χ0v) is 18.3. The first-order valence-corrected chi connectivity index (χ1v) is 11.8. The molecule has 0 unspecified atom stereocenters. The zero-order valence-electron chi connectivity index (χ0n) is 16.7. The summed E-state index contributed by atoms with van der Waals surface area (Å²) in [7, 11) is -3.85. The van der Waals surface area contributed by atoms with E-state index in [1.165, 1.54) is 35.6 Å². The minimum Gasteiger partial charge on any atom is -0.342 e. The normalized spacial score (nSPS) is 10.9. The molecule has 11 heteroatoms. The first-order valence-electron chi connectivity index (χ1n) is 9.40. The third-order valence-corrected chi connectivity index (χ3v) is 6.45. The van der Waals surface area contributed by atoms with Gasteiger partial charge in [0.2, 0.25) is 10.0 Å². The molecule has 0 aliphatic carbocycles. The molecule has 0 spiro atoms. The van der Waals surface area contributed by atoms with Gasteiger partial charge in [-0.05, 0) is 35.2 Å². The summed E-state index contributed by atoms with van der Waals surface area (Å²) in [6, 6.07) is 17.8. The lowest BCUT2D eigenvalue weighted by molar-refractivity contribution is -0.120. The monoisotopic (exact) mass is 472 g/mol. The molecule has 3 amide bonds. The first kappa shape index (κ1) is 23.1. The van der Waals surface area contributed by atoms with Gasteiger partial charge in [0.15, 0.2) is 0 Å². The summed E-state index contributed by atoms with van der Waals surface area (Å²) < 4.78 is 27.6. The second kappa shape index (κ2) is 10.7. The maximum atomic E-state index is 12.5. The van der Waals surface area contributed by atoms with Gasteiger partial charge in [0, 0.05) is 12.1 Å². The van der Waals surface area contributed by atoms with Gasteiger partial charge in [-0.3, -0.25) is 25.2 Å². The van der Waals surface area contributed by atoms with Gasteiger partial charge in [0.25, 0.3) is 17.7 Å². The second-order valence-electron chi connectivity index (χ2n) is 6.50. The molecule has 0 fully saturated rings.